The van der Waals surface area contributed by atoms with Crippen LogP contribution in [0.15, 0.2) is 24.3 Å². The zero-order valence-electron chi connectivity index (χ0n) is 11.8. The molecule has 1 saturated carbocycles. The second kappa shape index (κ2) is 5.75. The van der Waals surface area contributed by atoms with E-state index < -0.39 is 0 Å². The molecule has 18 heavy (non-hydrogen) atoms. The van der Waals surface area contributed by atoms with Crippen molar-refractivity contribution in [1.82, 2.24) is 5.32 Å². The van der Waals surface area contributed by atoms with Crippen molar-refractivity contribution in [3.05, 3.63) is 29.8 Å². The van der Waals surface area contributed by atoms with E-state index in [1.54, 1.807) is 7.11 Å². The predicted octanol–water partition coefficient (Wildman–Crippen LogP) is 3.36. The summed E-state index contributed by atoms with van der Waals surface area (Å²) in [5.74, 6) is 1.71. The van der Waals surface area contributed by atoms with Crippen molar-refractivity contribution in [3.63, 3.8) is 0 Å². The van der Waals surface area contributed by atoms with Gasteiger partial charge < -0.3 is 10.1 Å². The molecule has 1 aromatic rings. The summed E-state index contributed by atoms with van der Waals surface area (Å²) >= 11 is 0. The lowest BCUT2D eigenvalue weighted by Crippen LogP contribution is -2.40. The fraction of sp³-hybridized carbons (Fsp3) is 0.625. The normalized spacial score (nSPS) is 27.4. The highest BCUT2D eigenvalue weighted by atomic mass is 16.5. The largest absolute Gasteiger partial charge is 0.497 e. The van der Waals surface area contributed by atoms with E-state index in [0.29, 0.717) is 5.41 Å². The number of hydrogen-bond acceptors (Lipinski definition) is 2. The minimum atomic E-state index is 0.296. The summed E-state index contributed by atoms with van der Waals surface area (Å²) in [7, 11) is 1.74. The fourth-order valence-corrected chi connectivity index (χ4v) is 3.32. The topological polar surface area (TPSA) is 21.3 Å². The minimum Gasteiger partial charge on any atom is -0.497 e. The molecule has 0 amide bonds. The quantitative estimate of drug-likeness (QED) is 0.861. The highest BCUT2D eigenvalue weighted by Crippen LogP contribution is 2.45. The average molecular weight is 247 g/mol. The van der Waals surface area contributed by atoms with Crippen LogP contribution in [0.1, 0.15) is 38.7 Å². The lowest BCUT2D eigenvalue weighted by molar-refractivity contribution is 0.318. The summed E-state index contributed by atoms with van der Waals surface area (Å²) in [4.78, 5) is 0. The van der Waals surface area contributed by atoms with Crippen LogP contribution in [0.25, 0.3) is 0 Å². The van der Waals surface area contributed by atoms with Crippen LogP contribution in [0.5, 0.6) is 5.75 Å². The van der Waals surface area contributed by atoms with Crippen LogP contribution in [-0.2, 0) is 5.41 Å². The Kier molecular flexibility index (Phi) is 4.28. The van der Waals surface area contributed by atoms with E-state index >= 15 is 0 Å². The molecular formula is C16H25NO. The van der Waals surface area contributed by atoms with Gasteiger partial charge in [0.2, 0.25) is 0 Å². The van der Waals surface area contributed by atoms with E-state index in [-0.39, 0.29) is 0 Å². The van der Waals surface area contributed by atoms with E-state index in [1.807, 2.05) is 6.07 Å². The Balaban J connectivity index is 2.33. The maximum Gasteiger partial charge on any atom is 0.119 e. The Bertz CT molecular complexity index is 390. The maximum absolute atomic E-state index is 5.38. The van der Waals surface area contributed by atoms with Crippen LogP contribution >= 0.6 is 0 Å². The van der Waals surface area contributed by atoms with Gasteiger partial charge in [-0.15, -0.1) is 0 Å². The first-order valence-electron chi connectivity index (χ1n) is 7.08. The second-order valence-corrected chi connectivity index (χ2v) is 5.46. The van der Waals surface area contributed by atoms with E-state index in [9.17, 15) is 0 Å². The predicted molar refractivity (Wildman–Crippen MR) is 76.2 cm³/mol. The average Bonchev–Trinajstić information content (AvgIpc) is 2.79. The highest BCUT2D eigenvalue weighted by Gasteiger charge is 2.41. The third kappa shape index (κ3) is 2.39. The Morgan fingerprint density at radius 2 is 2.28 bits per heavy atom. The minimum absolute atomic E-state index is 0.296. The van der Waals surface area contributed by atoms with Gasteiger partial charge >= 0.3 is 0 Å². The number of rotatable bonds is 5. The molecule has 2 atom stereocenters. The summed E-state index contributed by atoms with van der Waals surface area (Å²) in [5.41, 5.74) is 1.73. The molecule has 100 valence electrons. The number of hydrogen-bond donors (Lipinski definition) is 1. The van der Waals surface area contributed by atoms with Gasteiger partial charge in [-0.1, -0.05) is 32.4 Å². The standard InChI is InChI=1S/C16H25NO/c1-4-17-12-16(10-6-7-13(16)2)14-8-5-9-15(11-14)18-3/h5,8-9,11,13,17H,4,6-7,10,12H2,1-3H3. The molecule has 0 saturated heterocycles. The van der Waals surface area contributed by atoms with Crippen LogP contribution in [0, 0.1) is 5.92 Å². The molecule has 0 aliphatic heterocycles. The van der Waals surface area contributed by atoms with Crippen molar-refractivity contribution < 1.29 is 4.74 Å². The molecule has 1 fully saturated rings. The van der Waals surface area contributed by atoms with E-state index in [0.717, 1.165) is 24.8 Å². The van der Waals surface area contributed by atoms with Gasteiger partial charge in [-0.25, -0.2) is 0 Å². The number of likely N-dealkylation sites (N-methyl/N-ethyl adjacent to an activating group) is 1. The molecule has 1 aromatic carbocycles. The molecule has 0 aromatic heterocycles. The molecule has 2 heteroatoms. The smallest absolute Gasteiger partial charge is 0.119 e. The SMILES string of the molecule is CCNCC1(c2cccc(OC)c2)CCCC1C. The van der Waals surface area contributed by atoms with Gasteiger partial charge in [0.15, 0.2) is 0 Å². The van der Waals surface area contributed by atoms with Crippen molar-refractivity contribution in [2.24, 2.45) is 5.92 Å². The summed E-state index contributed by atoms with van der Waals surface area (Å²) in [6, 6.07) is 8.64. The number of ether oxygens (including phenoxy) is 1. The van der Waals surface area contributed by atoms with Crippen molar-refractivity contribution in [3.8, 4) is 5.75 Å². The van der Waals surface area contributed by atoms with Crippen molar-refractivity contribution in [2.75, 3.05) is 20.2 Å². The first-order chi connectivity index (χ1) is 8.73. The Hall–Kier alpha value is -1.02. The van der Waals surface area contributed by atoms with Gasteiger partial charge in [0.25, 0.3) is 0 Å². The van der Waals surface area contributed by atoms with Crippen LogP contribution in [0.4, 0.5) is 0 Å². The first kappa shape index (κ1) is 13.4. The molecule has 2 unspecified atom stereocenters. The summed E-state index contributed by atoms with van der Waals surface area (Å²) in [5, 5.41) is 3.56. The van der Waals surface area contributed by atoms with Crippen LogP contribution in [-0.4, -0.2) is 20.2 Å². The molecule has 2 nitrogen and oxygen atoms in total. The van der Waals surface area contributed by atoms with Gasteiger partial charge in [0, 0.05) is 12.0 Å². The maximum atomic E-state index is 5.38. The monoisotopic (exact) mass is 247 g/mol. The Morgan fingerprint density at radius 3 is 2.89 bits per heavy atom. The molecule has 1 N–H and O–H groups in total. The Morgan fingerprint density at radius 1 is 1.44 bits per heavy atom. The van der Waals surface area contributed by atoms with E-state index in [4.69, 9.17) is 4.74 Å². The van der Waals surface area contributed by atoms with Crippen molar-refractivity contribution in [1.29, 1.82) is 0 Å². The Labute approximate surface area is 111 Å². The number of methoxy groups -OCH3 is 1. The summed E-state index contributed by atoms with van der Waals surface area (Å²) in [6.45, 7) is 6.69. The molecule has 2 rings (SSSR count). The summed E-state index contributed by atoms with van der Waals surface area (Å²) < 4.78 is 5.38. The van der Waals surface area contributed by atoms with Crippen molar-refractivity contribution >= 4 is 0 Å². The molecular weight excluding hydrogens is 222 g/mol. The van der Waals surface area contributed by atoms with E-state index in [2.05, 4.69) is 37.4 Å². The molecule has 0 radical (unpaired) electrons. The van der Waals surface area contributed by atoms with Gasteiger partial charge in [-0.05, 0) is 43.0 Å². The highest BCUT2D eigenvalue weighted by molar-refractivity contribution is 5.35. The molecule has 1 aliphatic rings. The molecule has 1 aliphatic carbocycles. The van der Waals surface area contributed by atoms with Crippen LogP contribution in [0.2, 0.25) is 0 Å². The van der Waals surface area contributed by atoms with Crippen LogP contribution < -0.4 is 10.1 Å². The van der Waals surface area contributed by atoms with E-state index in [1.165, 1.54) is 24.8 Å². The zero-order chi connectivity index (χ0) is 13.0. The second-order valence-electron chi connectivity index (χ2n) is 5.46. The van der Waals surface area contributed by atoms with Gasteiger partial charge in [0.1, 0.15) is 5.75 Å². The molecule has 0 heterocycles. The van der Waals surface area contributed by atoms with Crippen LogP contribution in [0.3, 0.4) is 0 Å². The lowest BCUT2D eigenvalue weighted by Gasteiger charge is -2.35. The van der Waals surface area contributed by atoms with Crippen molar-refractivity contribution in [2.45, 2.75) is 38.5 Å². The summed E-state index contributed by atoms with van der Waals surface area (Å²) in [6.07, 6.45) is 3.96. The first-order valence-corrected chi connectivity index (χ1v) is 7.08. The van der Waals surface area contributed by atoms with Gasteiger partial charge in [-0.2, -0.15) is 0 Å². The molecule has 0 spiro atoms. The number of nitrogens with one attached hydrogen (secondary N) is 1. The lowest BCUT2D eigenvalue weighted by atomic mass is 9.73. The fourth-order valence-electron chi connectivity index (χ4n) is 3.32. The van der Waals surface area contributed by atoms with Gasteiger partial charge in [-0.3, -0.25) is 0 Å². The number of benzene rings is 1. The third-order valence-corrected chi connectivity index (χ3v) is 4.54. The van der Waals surface area contributed by atoms with Gasteiger partial charge in [0.05, 0.1) is 7.11 Å². The third-order valence-electron chi connectivity index (χ3n) is 4.54. The molecule has 0 bridgehead atoms. The zero-order valence-corrected chi connectivity index (χ0v) is 11.8.